The average molecular weight is 276 g/mol. The highest BCUT2D eigenvalue weighted by Crippen LogP contribution is 2.22. The molecule has 0 heterocycles. The molecule has 1 unspecified atom stereocenters. The lowest BCUT2D eigenvalue weighted by molar-refractivity contribution is 0.177. The predicted molar refractivity (Wildman–Crippen MR) is 84.1 cm³/mol. The summed E-state index contributed by atoms with van der Waals surface area (Å²) >= 11 is 0. The monoisotopic (exact) mass is 276 g/mol. The van der Waals surface area contributed by atoms with Crippen molar-refractivity contribution in [3.63, 3.8) is 0 Å². The van der Waals surface area contributed by atoms with E-state index in [0.29, 0.717) is 12.0 Å². The van der Waals surface area contributed by atoms with Crippen LogP contribution in [-0.4, -0.2) is 37.7 Å². The van der Waals surface area contributed by atoms with Gasteiger partial charge in [-0.3, -0.25) is 4.90 Å². The maximum absolute atomic E-state index is 5.45. The Morgan fingerprint density at radius 1 is 1.30 bits per heavy atom. The molecule has 0 saturated heterocycles. The Labute approximate surface area is 123 Å². The van der Waals surface area contributed by atoms with Crippen LogP contribution in [0.4, 0.5) is 0 Å². The van der Waals surface area contributed by atoms with Crippen molar-refractivity contribution in [2.45, 2.75) is 45.3 Å². The maximum atomic E-state index is 5.45. The van der Waals surface area contributed by atoms with Crippen molar-refractivity contribution in [3.8, 4) is 5.75 Å². The van der Waals surface area contributed by atoms with Gasteiger partial charge in [-0.2, -0.15) is 0 Å². The molecule has 20 heavy (non-hydrogen) atoms. The number of nitrogens with one attached hydrogen (secondary N) is 1. The third-order valence-electron chi connectivity index (χ3n) is 4.14. The van der Waals surface area contributed by atoms with Gasteiger partial charge in [-0.05, 0) is 31.9 Å². The van der Waals surface area contributed by atoms with Gasteiger partial charge in [0.25, 0.3) is 0 Å². The van der Waals surface area contributed by atoms with Crippen LogP contribution < -0.4 is 10.1 Å². The second-order valence-electron chi connectivity index (χ2n) is 6.22. The van der Waals surface area contributed by atoms with Crippen LogP contribution in [0.25, 0.3) is 0 Å². The van der Waals surface area contributed by atoms with E-state index in [1.807, 2.05) is 12.1 Å². The van der Waals surface area contributed by atoms with Gasteiger partial charge in [0.2, 0.25) is 0 Å². The molecule has 1 aliphatic rings. The maximum Gasteiger partial charge on any atom is 0.123 e. The van der Waals surface area contributed by atoms with Gasteiger partial charge < -0.3 is 10.1 Å². The zero-order valence-electron chi connectivity index (χ0n) is 13.2. The summed E-state index contributed by atoms with van der Waals surface area (Å²) in [5.41, 5.74) is 1.26. The predicted octanol–water partition coefficient (Wildman–Crippen LogP) is 2.90. The summed E-state index contributed by atoms with van der Waals surface area (Å²) in [6.07, 6.45) is 2.70. The zero-order valence-corrected chi connectivity index (χ0v) is 13.2. The highest BCUT2D eigenvalue weighted by Gasteiger charge is 2.25. The Kier molecular flexibility index (Phi) is 5.44. The molecule has 1 fully saturated rings. The van der Waals surface area contributed by atoms with Crippen LogP contribution in [0.15, 0.2) is 24.3 Å². The van der Waals surface area contributed by atoms with Crippen molar-refractivity contribution in [2.75, 3.05) is 20.7 Å². The van der Waals surface area contributed by atoms with E-state index >= 15 is 0 Å². The molecule has 1 saturated carbocycles. The summed E-state index contributed by atoms with van der Waals surface area (Å²) in [6, 6.07) is 9.63. The molecule has 112 valence electrons. The molecule has 0 aliphatic heterocycles. The highest BCUT2D eigenvalue weighted by atomic mass is 16.5. The third kappa shape index (κ3) is 4.22. The Hall–Kier alpha value is -1.06. The van der Waals surface area contributed by atoms with Crippen molar-refractivity contribution in [3.05, 3.63) is 29.8 Å². The van der Waals surface area contributed by atoms with Crippen molar-refractivity contribution in [1.29, 1.82) is 0 Å². The molecule has 1 N–H and O–H groups in total. The fourth-order valence-electron chi connectivity index (χ4n) is 2.69. The van der Waals surface area contributed by atoms with Gasteiger partial charge in [0.15, 0.2) is 0 Å². The number of para-hydroxylation sites is 1. The van der Waals surface area contributed by atoms with Gasteiger partial charge in [0.1, 0.15) is 5.75 Å². The molecule has 1 aromatic rings. The number of likely N-dealkylation sites (N-methyl/N-ethyl adjacent to an activating group) is 1. The number of methoxy groups -OCH3 is 1. The molecule has 1 aromatic carbocycles. The normalized spacial score (nSPS) is 16.7. The van der Waals surface area contributed by atoms with Crippen LogP contribution in [0.2, 0.25) is 0 Å². The van der Waals surface area contributed by atoms with E-state index in [0.717, 1.165) is 24.9 Å². The summed E-state index contributed by atoms with van der Waals surface area (Å²) in [5.74, 6) is 1.62. The summed E-state index contributed by atoms with van der Waals surface area (Å²) in [7, 11) is 3.96. The van der Waals surface area contributed by atoms with Crippen molar-refractivity contribution >= 4 is 0 Å². The average Bonchev–Trinajstić information content (AvgIpc) is 3.23. The van der Waals surface area contributed by atoms with Gasteiger partial charge in [-0.25, -0.2) is 0 Å². The Morgan fingerprint density at radius 3 is 2.60 bits per heavy atom. The Balaban J connectivity index is 1.97. The van der Waals surface area contributed by atoms with Crippen LogP contribution in [0.5, 0.6) is 5.75 Å². The highest BCUT2D eigenvalue weighted by molar-refractivity contribution is 5.33. The van der Waals surface area contributed by atoms with Gasteiger partial charge in [0.05, 0.1) is 7.11 Å². The van der Waals surface area contributed by atoms with E-state index < -0.39 is 0 Å². The summed E-state index contributed by atoms with van der Waals surface area (Å²) < 4.78 is 5.45. The molecule has 1 atom stereocenters. The molecule has 0 bridgehead atoms. The fraction of sp³-hybridized carbons (Fsp3) is 0.647. The van der Waals surface area contributed by atoms with Gasteiger partial charge in [0, 0.05) is 30.7 Å². The number of nitrogens with zero attached hydrogens (tertiary/aromatic N) is 1. The van der Waals surface area contributed by atoms with E-state index in [-0.39, 0.29) is 0 Å². The lowest BCUT2D eigenvalue weighted by Crippen LogP contribution is -2.43. The third-order valence-corrected chi connectivity index (χ3v) is 4.14. The first-order valence-corrected chi connectivity index (χ1v) is 7.67. The number of rotatable bonds is 8. The molecule has 0 amide bonds. The number of ether oxygens (including phenoxy) is 1. The first-order chi connectivity index (χ1) is 9.61. The number of hydrogen-bond donors (Lipinski definition) is 1. The Bertz CT molecular complexity index is 415. The molecule has 2 rings (SSSR count). The summed E-state index contributed by atoms with van der Waals surface area (Å²) in [6.45, 7) is 6.61. The first kappa shape index (κ1) is 15.3. The van der Waals surface area contributed by atoms with E-state index in [2.05, 4.69) is 43.2 Å². The second kappa shape index (κ2) is 7.09. The van der Waals surface area contributed by atoms with Crippen molar-refractivity contribution in [2.24, 2.45) is 5.92 Å². The molecule has 3 nitrogen and oxygen atoms in total. The van der Waals surface area contributed by atoms with E-state index in [1.165, 1.54) is 18.4 Å². The quantitative estimate of drug-likeness (QED) is 0.790. The minimum Gasteiger partial charge on any atom is -0.496 e. The van der Waals surface area contributed by atoms with E-state index in [1.54, 1.807) is 7.11 Å². The molecule has 0 spiro atoms. The lowest BCUT2D eigenvalue weighted by atomic mass is 10.0. The molecule has 3 heteroatoms. The molecule has 0 radical (unpaired) electrons. The van der Waals surface area contributed by atoms with Crippen molar-refractivity contribution in [1.82, 2.24) is 10.2 Å². The summed E-state index contributed by atoms with van der Waals surface area (Å²) in [5, 5.41) is 3.66. The van der Waals surface area contributed by atoms with Crippen LogP contribution in [-0.2, 0) is 6.54 Å². The van der Waals surface area contributed by atoms with Crippen LogP contribution in [0, 0.1) is 5.92 Å². The standard InChI is InChI=1S/C17H28N2O/c1-13(2)16(11-18-15-9-10-15)19(3)12-14-7-5-6-8-17(14)20-4/h5-8,13,15-16,18H,9-12H2,1-4H3. The van der Waals surface area contributed by atoms with Crippen molar-refractivity contribution < 1.29 is 4.74 Å². The van der Waals surface area contributed by atoms with Crippen LogP contribution in [0.1, 0.15) is 32.3 Å². The topological polar surface area (TPSA) is 24.5 Å². The first-order valence-electron chi connectivity index (χ1n) is 7.67. The van der Waals surface area contributed by atoms with E-state index in [4.69, 9.17) is 4.74 Å². The minimum atomic E-state index is 0.556. The molecule has 1 aliphatic carbocycles. The van der Waals surface area contributed by atoms with Gasteiger partial charge >= 0.3 is 0 Å². The largest absolute Gasteiger partial charge is 0.496 e. The minimum absolute atomic E-state index is 0.556. The second-order valence-corrected chi connectivity index (χ2v) is 6.22. The molecule has 0 aromatic heterocycles. The van der Waals surface area contributed by atoms with Crippen LogP contribution >= 0.6 is 0 Å². The van der Waals surface area contributed by atoms with E-state index in [9.17, 15) is 0 Å². The fourth-order valence-corrected chi connectivity index (χ4v) is 2.69. The van der Waals surface area contributed by atoms with Gasteiger partial charge in [-0.1, -0.05) is 32.0 Å². The Morgan fingerprint density at radius 2 is 2.00 bits per heavy atom. The zero-order chi connectivity index (χ0) is 14.5. The summed E-state index contributed by atoms with van der Waals surface area (Å²) in [4.78, 5) is 2.44. The van der Waals surface area contributed by atoms with Crippen LogP contribution in [0.3, 0.4) is 0 Å². The lowest BCUT2D eigenvalue weighted by Gasteiger charge is -2.32. The smallest absolute Gasteiger partial charge is 0.123 e. The number of benzene rings is 1. The van der Waals surface area contributed by atoms with Gasteiger partial charge in [-0.15, -0.1) is 0 Å². The molecular formula is C17H28N2O. The SMILES string of the molecule is COc1ccccc1CN(C)C(CNC1CC1)C(C)C. The number of hydrogen-bond acceptors (Lipinski definition) is 3. The molecular weight excluding hydrogens is 248 g/mol.